The predicted octanol–water partition coefficient (Wildman–Crippen LogP) is 2.28. The lowest BCUT2D eigenvalue weighted by Crippen LogP contribution is -2.33. The van der Waals surface area contributed by atoms with E-state index in [1.54, 1.807) is 11.1 Å². The van der Waals surface area contributed by atoms with Crippen molar-refractivity contribution in [3.63, 3.8) is 0 Å². The summed E-state index contributed by atoms with van der Waals surface area (Å²) in [6, 6.07) is 7.34. The topological polar surface area (TPSA) is 12.0 Å². The molecule has 1 aliphatic rings. The van der Waals surface area contributed by atoms with Crippen molar-refractivity contribution in [2.24, 2.45) is 0 Å². The lowest BCUT2D eigenvalue weighted by Gasteiger charge is -2.25. The minimum absolute atomic E-state index is 0.639. The van der Waals surface area contributed by atoms with Crippen LogP contribution in [0.1, 0.15) is 30.5 Å². The molecule has 1 aromatic rings. The van der Waals surface area contributed by atoms with Crippen LogP contribution in [0, 0.1) is 0 Å². The molecule has 2 rings (SSSR count). The van der Waals surface area contributed by atoms with Crippen LogP contribution in [0.15, 0.2) is 18.2 Å². The summed E-state index contributed by atoms with van der Waals surface area (Å²) in [5.74, 6) is 0. The van der Waals surface area contributed by atoms with Crippen LogP contribution < -0.4 is 5.32 Å². The van der Waals surface area contributed by atoms with E-state index in [2.05, 4.69) is 37.4 Å². The van der Waals surface area contributed by atoms with Gasteiger partial charge in [-0.05, 0) is 36.5 Å². The summed E-state index contributed by atoms with van der Waals surface area (Å²) < 4.78 is 0. The van der Waals surface area contributed by atoms with Crippen LogP contribution >= 0.6 is 0 Å². The van der Waals surface area contributed by atoms with E-state index in [1.165, 1.54) is 12.0 Å². The van der Waals surface area contributed by atoms with Crippen LogP contribution in [-0.4, -0.2) is 6.04 Å². The molecule has 0 bridgehead atoms. The van der Waals surface area contributed by atoms with Gasteiger partial charge in [-0.3, -0.25) is 0 Å². The molecule has 0 aromatic heterocycles. The largest absolute Gasteiger partial charge is 0.310 e. The van der Waals surface area contributed by atoms with Crippen molar-refractivity contribution in [2.75, 3.05) is 0 Å². The zero-order valence-corrected chi connectivity index (χ0v) is 8.43. The fourth-order valence-corrected chi connectivity index (χ4v) is 2.12. The van der Waals surface area contributed by atoms with Gasteiger partial charge in [-0.1, -0.05) is 25.1 Å². The van der Waals surface area contributed by atoms with Crippen molar-refractivity contribution in [3.8, 4) is 0 Å². The molecule has 1 nitrogen and oxygen atoms in total. The minimum atomic E-state index is 0.639. The molecule has 0 unspecified atom stereocenters. The second kappa shape index (κ2) is 3.51. The van der Waals surface area contributed by atoms with Crippen LogP contribution in [0.4, 0.5) is 0 Å². The van der Waals surface area contributed by atoms with Gasteiger partial charge in [-0.25, -0.2) is 0 Å². The molecule has 0 saturated heterocycles. The molecule has 70 valence electrons. The van der Waals surface area contributed by atoms with E-state index in [4.69, 9.17) is 0 Å². The number of hydrogen-bond donors (Lipinski definition) is 1. The summed E-state index contributed by atoms with van der Waals surface area (Å²) in [6.45, 7) is 5.54. The van der Waals surface area contributed by atoms with Crippen molar-refractivity contribution in [2.45, 2.75) is 39.3 Å². The second-order valence-corrected chi connectivity index (χ2v) is 3.89. The Balaban J connectivity index is 2.39. The maximum Gasteiger partial charge on any atom is 0.0213 e. The fourth-order valence-electron chi connectivity index (χ4n) is 2.12. The van der Waals surface area contributed by atoms with Gasteiger partial charge in [0.2, 0.25) is 0 Å². The van der Waals surface area contributed by atoms with Crippen molar-refractivity contribution >= 4 is 0 Å². The quantitative estimate of drug-likeness (QED) is 0.690. The van der Waals surface area contributed by atoms with Gasteiger partial charge in [0.05, 0.1) is 0 Å². The molecule has 1 heterocycles. The van der Waals surface area contributed by atoms with Gasteiger partial charge in [0.15, 0.2) is 0 Å². The number of hydrogen-bond acceptors (Lipinski definition) is 1. The summed E-state index contributed by atoms with van der Waals surface area (Å²) in [7, 11) is 0. The maximum atomic E-state index is 3.51. The zero-order valence-electron chi connectivity index (χ0n) is 8.43. The van der Waals surface area contributed by atoms with E-state index >= 15 is 0 Å². The first kappa shape index (κ1) is 8.76. The molecule has 0 spiro atoms. The summed E-state index contributed by atoms with van der Waals surface area (Å²) >= 11 is 0. The van der Waals surface area contributed by atoms with Crippen LogP contribution in [0.5, 0.6) is 0 Å². The Bertz CT molecular complexity index is 304. The van der Waals surface area contributed by atoms with Crippen LogP contribution in [0.25, 0.3) is 0 Å². The summed E-state index contributed by atoms with van der Waals surface area (Å²) in [5.41, 5.74) is 4.60. The number of benzene rings is 1. The third kappa shape index (κ3) is 1.61. The average molecular weight is 175 g/mol. The SMILES string of the molecule is CCc1cccc2c1CN[C@H](C)C2. The van der Waals surface area contributed by atoms with Gasteiger partial charge in [0, 0.05) is 12.6 Å². The van der Waals surface area contributed by atoms with Crippen LogP contribution in [0.3, 0.4) is 0 Å². The molecule has 1 N–H and O–H groups in total. The molecule has 1 heteroatoms. The summed E-state index contributed by atoms with van der Waals surface area (Å²) in [4.78, 5) is 0. The average Bonchev–Trinajstić information content (AvgIpc) is 2.16. The summed E-state index contributed by atoms with van der Waals surface area (Å²) in [6.07, 6.45) is 2.34. The highest BCUT2D eigenvalue weighted by Crippen LogP contribution is 2.20. The minimum Gasteiger partial charge on any atom is -0.310 e. The molecule has 0 radical (unpaired) electrons. The predicted molar refractivity (Wildman–Crippen MR) is 55.8 cm³/mol. The van der Waals surface area contributed by atoms with Crippen molar-refractivity contribution in [3.05, 3.63) is 34.9 Å². The van der Waals surface area contributed by atoms with Crippen molar-refractivity contribution in [1.82, 2.24) is 5.32 Å². The van der Waals surface area contributed by atoms with E-state index in [0.29, 0.717) is 6.04 Å². The number of rotatable bonds is 1. The highest BCUT2D eigenvalue weighted by atomic mass is 14.9. The Labute approximate surface area is 80.2 Å². The molecule has 1 aliphatic heterocycles. The third-order valence-corrected chi connectivity index (χ3v) is 2.90. The fraction of sp³-hybridized carbons (Fsp3) is 0.500. The Morgan fingerprint density at radius 3 is 3.08 bits per heavy atom. The molecular weight excluding hydrogens is 158 g/mol. The highest BCUT2D eigenvalue weighted by Gasteiger charge is 2.15. The maximum absolute atomic E-state index is 3.51. The standard InChI is InChI=1S/C12H17N/c1-3-10-5-4-6-11-7-9(2)13-8-12(10)11/h4-6,9,13H,3,7-8H2,1-2H3/t9-/m1/s1. The Hall–Kier alpha value is -0.820. The van der Waals surface area contributed by atoms with Crippen LogP contribution in [-0.2, 0) is 19.4 Å². The highest BCUT2D eigenvalue weighted by molar-refractivity contribution is 5.37. The molecule has 13 heavy (non-hydrogen) atoms. The molecule has 0 saturated carbocycles. The Kier molecular flexibility index (Phi) is 2.36. The molecule has 1 atom stereocenters. The van der Waals surface area contributed by atoms with Gasteiger partial charge >= 0.3 is 0 Å². The van der Waals surface area contributed by atoms with E-state index in [9.17, 15) is 0 Å². The van der Waals surface area contributed by atoms with Gasteiger partial charge in [-0.15, -0.1) is 0 Å². The lowest BCUT2D eigenvalue weighted by molar-refractivity contribution is 0.511. The number of nitrogens with one attached hydrogen (secondary N) is 1. The first-order valence-corrected chi connectivity index (χ1v) is 5.14. The Morgan fingerprint density at radius 1 is 1.46 bits per heavy atom. The van der Waals surface area contributed by atoms with Crippen LogP contribution in [0.2, 0.25) is 0 Å². The normalized spacial score (nSPS) is 21.2. The monoisotopic (exact) mass is 175 g/mol. The van der Waals surface area contributed by atoms with Gasteiger partial charge in [0.25, 0.3) is 0 Å². The van der Waals surface area contributed by atoms with Gasteiger partial charge in [0.1, 0.15) is 0 Å². The Morgan fingerprint density at radius 2 is 2.31 bits per heavy atom. The van der Waals surface area contributed by atoms with Crippen molar-refractivity contribution in [1.29, 1.82) is 0 Å². The van der Waals surface area contributed by atoms with E-state index in [-0.39, 0.29) is 0 Å². The number of fused-ring (bicyclic) bond motifs is 1. The first-order chi connectivity index (χ1) is 6.31. The van der Waals surface area contributed by atoms with E-state index in [1.807, 2.05) is 0 Å². The smallest absolute Gasteiger partial charge is 0.0213 e. The molecule has 0 aliphatic carbocycles. The molecule has 1 aromatic carbocycles. The third-order valence-electron chi connectivity index (χ3n) is 2.90. The van der Waals surface area contributed by atoms with E-state index < -0.39 is 0 Å². The van der Waals surface area contributed by atoms with Crippen molar-refractivity contribution < 1.29 is 0 Å². The summed E-state index contributed by atoms with van der Waals surface area (Å²) in [5, 5.41) is 3.51. The van der Waals surface area contributed by atoms with Gasteiger partial charge in [-0.2, -0.15) is 0 Å². The molecule has 0 fully saturated rings. The van der Waals surface area contributed by atoms with Gasteiger partial charge < -0.3 is 5.32 Å². The zero-order chi connectivity index (χ0) is 9.26. The van der Waals surface area contributed by atoms with E-state index in [0.717, 1.165) is 13.0 Å². The molecule has 0 amide bonds. The molecular formula is C12H17N. The second-order valence-electron chi connectivity index (χ2n) is 3.89. The first-order valence-electron chi connectivity index (χ1n) is 5.14. The lowest BCUT2D eigenvalue weighted by atomic mass is 9.92. The number of aryl methyl sites for hydroxylation is 1.